The molecule has 8 heteroatoms. The summed E-state index contributed by atoms with van der Waals surface area (Å²) >= 11 is 0. The van der Waals surface area contributed by atoms with Gasteiger partial charge in [-0.1, -0.05) is 18.2 Å². The Morgan fingerprint density at radius 3 is 1.75 bits per heavy atom. The van der Waals surface area contributed by atoms with Gasteiger partial charge in [0.25, 0.3) is 5.69 Å². The van der Waals surface area contributed by atoms with Gasteiger partial charge in [-0.05, 0) is 5.75 Å². The third-order valence-corrected chi connectivity index (χ3v) is 2.46. The topological polar surface area (TPSA) is 131 Å². The first-order valence-corrected chi connectivity index (χ1v) is 6.13. The molecule has 0 aromatic heterocycles. The number of benzene rings is 1. The van der Waals surface area contributed by atoms with Crippen LogP contribution in [0, 0.1) is 10.1 Å². The Labute approximate surface area is 116 Å². The summed E-state index contributed by atoms with van der Waals surface area (Å²) in [5.74, 6) is -0.549. The van der Waals surface area contributed by atoms with Crippen LogP contribution in [0.5, 0.6) is 5.75 Å². The molecule has 0 radical (unpaired) electrons. The number of nitrogens with one attached hydrogen (secondary N) is 1. The van der Waals surface area contributed by atoms with Gasteiger partial charge in [-0.15, -0.1) is 0 Å². The van der Waals surface area contributed by atoms with Crippen LogP contribution < -0.4 is 10.0 Å². The van der Waals surface area contributed by atoms with E-state index >= 15 is 0 Å². The predicted octanol–water partition coefficient (Wildman–Crippen LogP) is -2.48. The third-order valence-electron chi connectivity index (χ3n) is 2.46. The second-order valence-corrected chi connectivity index (χ2v) is 3.90. The molecule has 0 saturated carbocycles. The van der Waals surface area contributed by atoms with Crippen molar-refractivity contribution in [3.8, 4) is 5.75 Å². The Balaban J connectivity index is 0.000000361. The van der Waals surface area contributed by atoms with Crippen molar-refractivity contribution in [1.29, 1.82) is 0 Å². The van der Waals surface area contributed by atoms with Gasteiger partial charge in [0.05, 0.1) is 24.7 Å². The molecule has 0 spiro atoms. The first-order valence-electron chi connectivity index (χ1n) is 6.13. The number of nitrogens with zero attached hydrogens (tertiary/aromatic N) is 1. The highest BCUT2D eigenvalue weighted by Gasteiger charge is 2.04. The van der Waals surface area contributed by atoms with Gasteiger partial charge in [-0.25, -0.2) is 0 Å². The fourth-order valence-corrected chi connectivity index (χ4v) is 1.46. The lowest BCUT2D eigenvalue weighted by Crippen LogP contribution is -3.13. The molecule has 20 heavy (non-hydrogen) atoms. The molecule has 0 heterocycles. The molecule has 8 nitrogen and oxygen atoms in total. The first kappa shape index (κ1) is 18.3. The molecule has 0 saturated heterocycles. The molecule has 0 bridgehead atoms. The van der Waals surface area contributed by atoms with E-state index in [0.29, 0.717) is 19.6 Å². The van der Waals surface area contributed by atoms with Crippen molar-refractivity contribution in [2.24, 2.45) is 0 Å². The smallest absolute Gasteiger partial charge is 0.261 e. The number of hydrogen-bond donors (Lipinski definition) is 4. The molecule has 0 atom stereocenters. The van der Waals surface area contributed by atoms with E-state index in [9.17, 15) is 15.2 Å². The van der Waals surface area contributed by atoms with Crippen molar-refractivity contribution in [2.75, 3.05) is 39.5 Å². The predicted molar refractivity (Wildman–Crippen MR) is 69.4 cm³/mol. The molecule has 114 valence electrons. The minimum atomic E-state index is -0.692. The zero-order valence-electron chi connectivity index (χ0n) is 11.1. The molecule has 1 aromatic rings. The Morgan fingerprint density at radius 1 is 1.00 bits per heavy atom. The second-order valence-electron chi connectivity index (χ2n) is 3.90. The Bertz CT molecular complexity index is 374. The Hall–Kier alpha value is -1.74. The average molecular weight is 288 g/mol. The van der Waals surface area contributed by atoms with Crippen LogP contribution in [0.4, 0.5) is 5.69 Å². The number of para-hydroxylation sites is 2. The van der Waals surface area contributed by atoms with Crippen LogP contribution in [0.15, 0.2) is 24.3 Å². The lowest BCUT2D eigenvalue weighted by Gasteiger charge is -2.15. The van der Waals surface area contributed by atoms with Gasteiger partial charge in [-0.2, -0.15) is 0 Å². The van der Waals surface area contributed by atoms with Crippen molar-refractivity contribution in [3.05, 3.63) is 34.4 Å². The van der Waals surface area contributed by atoms with E-state index in [-0.39, 0.29) is 25.5 Å². The van der Waals surface area contributed by atoms with Crippen molar-refractivity contribution >= 4 is 5.69 Å². The Morgan fingerprint density at radius 2 is 1.45 bits per heavy atom. The van der Waals surface area contributed by atoms with Gasteiger partial charge in [-0.3, -0.25) is 10.1 Å². The number of aliphatic hydroxyl groups excluding tert-OH is 3. The molecular weight excluding hydrogens is 268 g/mol. The molecule has 0 aliphatic rings. The number of nitro groups is 1. The average Bonchev–Trinajstić information content (AvgIpc) is 2.40. The van der Waals surface area contributed by atoms with E-state index in [4.69, 9.17) is 15.3 Å². The number of quaternary nitrogens is 1. The summed E-state index contributed by atoms with van der Waals surface area (Å²) in [6.07, 6.45) is 0. The van der Waals surface area contributed by atoms with Crippen molar-refractivity contribution in [1.82, 2.24) is 0 Å². The van der Waals surface area contributed by atoms with Crippen LogP contribution in [0.25, 0.3) is 0 Å². The number of rotatable bonds is 7. The van der Waals surface area contributed by atoms with Gasteiger partial charge >= 0.3 is 0 Å². The number of nitro benzene ring substituents is 1. The lowest BCUT2D eigenvalue weighted by atomic mass is 10.3. The first-order chi connectivity index (χ1) is 9.56. The van der Waals surface area contributed by atoms with Gasteiger partial charge < -0.3 is 25.3 Å². The van der Waals surface area contributed by atoms with Crippen LogP contribution in [0.3, 0.4) is 0 Å². The van der Waals surface area contributed by atoms with Gasteiger partial charge in [0, 0.05) is 6.07 Å². The van der Waals surface area contributed by atoms with E-state index < -0.39 is 10.7 Å². The van der Waals surface area contributed by atoms with Gasteiger partial charge in [0.15, 0.2) is 0 Å². The molecule has 1 aromatic carbocycles. The lowest BCUT2D eigenvalue weighted by molar-refractivity contribution is -0.901. The van der Waals surface area contributed by atoms with Crippen LogP contribution in [-0.2, 0) is 0 Å². The molecule has 0 fully saturated rings. The molecule has 0 unspecified atom stereocenters. The van der Waals surface area contributed by atoms with E-state index in [0.717, 1.165) is 11.0 Å². The van der Waals surface area contributed by atoms with Crippen LogP contribution in [0.1, 0.15) is 0 Å². The van der Waals surface area contributed by atoms with E-state index in [2.05, 4.69) is 0 Å². The largest absolute Gasteiger partial charge is 0.868 e. The van der Waals surface area contributed by atoms with Crippen molar-refractivity contribution in [3.63, 3.8) is 0 Å². The van der Waals surface area contributed by atoms with E-state index in [1.807, 2.05) is 0 Å². The summed E-state index contributed by atoms with van der Waals surface area (Å²) in [4.78, 5) is 10.4. The highest BCUT2D eigenvalue weighted by Crippen LogP contribution is 2.20. The molecule has 4 N–H and O–H groups in total. The van der Waals surface area contributed by atoms with Crippen LogP contribution in [-0.4, -0.2) is 59.7 Å². The van der Waals surface area contributed by atoms with Crippen LogP contribution in [0.2, 0.25) is 0 Å². The highest BCUT2D eigenvalue weighted by molar-refractivity contribution is 5.43. The maximum absolute atomic E-state index is 10.6. The van der Waals surface area contributed by atoms with Gasteiger partial charge in [0.2, 0.25) is 0 Å². The summed E-state index contributed by atoms with van der Waals surface area (Å²) in [6.45, 7) is 2.11. The quantitative estimate of drug-likeness (QED) is 0.324. The minimum absolute atomic E-state index is 0.106. The number of hydrogen-bond acceptors (Lipinski definition) is 6. The SMILES string of the molecule is O=[N+]([O-])c1ccccc1[O-].OCC[NH+](CCO)CCO. The molecule has 1 rings (SSSR count). The fraction of sp³-hybridized carbons (Fsp3) is 0.500. The zero-order valence-corrected chi connectivity index (χ0v) is 11.1. The van der Waals surface area contributed by atoms with E-state index in [1.165, 1.54) is 18.2 Å². The summed E-state index contributed by atoms with van der Waals surface area (Å²) in [5.41, 5.74) is -0.373. The van der Waals surface area contributed by atoms with Crippen molar-refractivity contribution in [2.45, 2.75) is 0 Å². The molecular formula is C12H20N2O6. The highest BCUT2D eigenvalue weighted by atomic mass is 16.6. The summed E-state index contributed by atoms with van der Waals surface area (Å²) < 4.78 is 0. The van der Waals surface area contributed by atoms with Gasteiger partial charge in [0.1, 0.15) is 19.6 Å². The number of aliphatic hydroxyl groups is 3. The summed E-state index contributed by atoms with van der Waals surface area (Å²) in [6, 6.07) is 5.27. The van der Waals surface area contributed by atoms with E-state index in [1.54, 1.807) is 0 Å². The maximum atomic E-state index is 10.6. The van der Waals surface area contributed by atoms with Crippen LogP contribution >= 0.6 is 0 Å². The zero-order chi connectivity index (χ0) is 15.4. The minimum Gasteiger partial charge on any atom is -0.868 e. The van der Waals surface area contributed by atoms with Crippen molar-refractivity contribution < 1.29 is 30.2 Å². The molecule has 0 aliphatic heterocycles. The normalized spacial score (nSPS) is 10.0. The molecule has 0 aliphatic carbocycles. The third kappa shape index (κ3) is 7.64. The molecule has 0 amide bonds. The Kier molecular flexibility index (Phi) is 10.2. The monoisotopic (exact) mass is 288 g/mol. The summed E-state index contributed by atoms with van der Waals surface area (Å²) in [7, 11) is 0. The maximum Gasteiger partial charge on any atom is 0.261 e. The fourth-order valence-electron chi connectivity index (χ4n) is 1.46. The second kappa shape index (κ2) is 11.1. The summed E-state index contributed by atoms with van der Waals surface area (Å²) in [5, 5.41) is 46.2. The standard InChI is InChI=1S/C6H5NO3.C6H15NO3/c8-6-4-2-1-3-5(6)7(9)10;8-4-1-7(2-5-9)3-6-10/h1-4,8H;8-10H,1-6H2.